The maximum absolute atomic E-state index is 12.9. The summed E-state index contributed by atoms with van der Waals surface area (Å²) in [5.41, 5.74) is 0. The quantitative estimate of drug-likeness (QED) is 0.0477. The predicted octanol–water partition coefficient (Wildman–Crippen LogP) is 15.2. The Labute approximate surface area is 404 Å². The van der Waals surface area contributed by atoms with Gasteiger partial charge in [-0.1, -0.05) is 195 Å². The van der Waals surface area contributed by atoms with E-state index < -0.39 is 0 Å². The van der Waals surface area contributed by atoms with Crippen molar-refractivity contribution in [1.82, 2.24) is 9.80 Å². The Kier molecular flexibility index (Phi) is 44.2. The van der Waals surface area contributed by atoms with E-state index in [1.165, 1.54) is 180 Å². The van der Waals surface area contributed by atoms with Crippen molar-refractivity contribution in [3.05, 3.63) is 0 Å². The van der Waals surface area contributed by atoms with Gasteiger partial charge in [0, 0.05) is 45.6 Å². The average Bonchev–Trinajstić information content (AvgIpc) is 3.29. The molecule has 1 saturated carbocycles. The Morgan fingerprint density at radius 3 is 1.22 bits per heavy atom. The van der Waals surface area contributed by atoms with Crippen molar-refractivity contribution in [1.29, 1.82) is 0 Å². The van der Waals surface area contributed by atoms with Gasteiger partial charge in [-0.3, -0.25) is 19.4 Å². The summed E-state index contributed by atoms with van der Waals surface area (Å²) < 4.78 is 17.4. The molecule has 1 aliphatic rings. The lowest BCUT2D eigenvalue weighted by Gasteiger charge is -2.43. The third-order valence-electron chi connectivity index (χ3n) is 14.5. The van der Waals surface area contributed by atoms with Crippen LogP contribution in [0, 0.1) is 11.8 Å². The fraction of sp³-hybridized carbons (Fsp3) is 0.965. The minimum atomic E-state index is -0.0262. The summed E-state index contributed by atoms with van der Waals surface area (Å²) in [6.45, 7) is 15.0. The molecule has 8 heteroatoms. The zero-order valence-electron chi connectivity index (χ0n) is 44.2. The number of hydrogen-bond acceptors (Lipinski definition) is 8. The van der Waals surface area contributed by atoms with Gasteiger partial charge in [0.15, 0.2) is 0 Å². The molecule has 0 aromatic rings. The third-order valence-corrected chi connectivity index (χ3v) is 14.5. The van der Waals surface area contributed by atoms with E-state index in [2.05, 4.69) is 37.5 Å². The fourth-order valence-electron chi connectivity index (χ4n) is 9.84. The van der Waals surface area contributed by atoms with Gasteiger partial charge >= 0.3 is 11.9 Å². The van der Waals surface area contributed by atoms with E-state index >= 15 is 0 Å². The van der Waals surface area contributed by atoms with Crippen LogP contribution in [0.5, 0.6) is 0 Å². The number of nitrogens with zero attached hydrogens (tertiary/aromatic N) is 2. The summed E-state index contributed by atoms with van der Waals surface area (Å²) >= 11 is 0. The molecule has 1 N–H and O–H groups in total. The van der Waals surface area contributed by atoms with Gasteiger partial charge in [0.1, 0.15) is 0 Å². The summed E-state index contributed by atoms with van der Waals surface area (Å²) in [6, 6.07) is 0.540. The second-order valence-electron chi connectivity index (χ2n) is 20.5. The molecule has 0 aliphatic heterocycles. The first kappa shape index (κ1) is 61.8. The molecule has 65 heavy (non-hydrogen) atoms. The largest absolute Gasteiger partial charge is 0.465 e. The first-order valence-corrected chi connectivity index (χ1v) is 28.8. The molecule has 0 spiro atoms. The zero-order valence-corrected chi connectivity index (χ0v) is 44.2. The van der Waals surface area contributed by atoms with Crippen LogP contribution >= 0.6 is 0 Å². The van der Waals surface area contributed by atoms with Crippen molar-refractivity contribution in [3.8, 4) is 0 Å². The number of carbonyl (C=O) groups excluding carboxylic acids is 2. The van der Waals surface area contributed by atoms with Crippen molar-refractivity contribution < 1.29 is 28.9 Å². The molecule has 0 amide bonds. The van der Waals surface area contributed by atoms with Gasteiger partial charge in [0.25, 0.3) is 0 Å². The lowest BCUT2D eigenvalue weighted by atomic mass is 9.87. The molecule has 1 aliphatic carbocycles. The lowest BCUT2D eigenvalue weighted by Crippen LogP contribution is -2.50. The Bertz CT molecular complexity index is 991. The monoisotopic (exact) mass is 921 g/mol. The number of hydrogen-bond donors (Lipinski definition) is 1. The van der Waals surface area contributed by atoms with Gasteiger partial charge in [-0.25, -0.2) is 0 Å². The first-order chi connectivity index (χ1) is 31.9. The van der Waals surface area contributed by atoms with Crippen molar-refractivity contribution in [2.75, 3.05) is 59.7 Å². The number of ether oxygens (including phenoxy) is 3. The fourth-order valence-corrected chi connectivity index (χ4v) is 9.84. The summed E-state index contributed by atoms with van der Waals surface area (Å²) in [4.78, 5) is 30.7. The van der Waals surface area contributed by atoms with Gasteiger partial charge in [0.05, 0.1) is 25.9 Å². The zero-order chi connectivity index (χ0) is 47.3. The summed E-state index contributed by atoms with van der Waals surface area (Å²) in [6.07, 6.45) is 45.7. The number of aliphatic hydroxyl groups excluding tert-OH is 1. The molecular weight excluding hydrogens is 809 g/mol. The topological polar surface area (TPSA) is 88.5 Å². The van der Waals surface area contributed by atoms with Crippen LogP contribution in [0.4, 0.5) is 0 Å². The second-order valence-corrected chi connectivity index (χ2v) is 20.5. The maximum atomic E-state index is 12.9. The third kappa shape index (κ3) is 37.4. The highest BCUT2D eigenvalue weighted by atomic mass is 16.5. The van der Waals surface area contributed by atoms with Crippen LogP contribution in [0.1, 0.15) is 272 Å². The van der Waals surface area contributed by atoms with Crippen LogP contribution in [-0.4, -0.2) is 98.6 Å². The highest BCUT2D eigenvalue weighted by Gasteiger charge is 2.33. The van der Waals surface area contributed by atoms with E-state index in [0.29, 0.717) is 56.6 Å². The molecule has 0 aromatic carbocycles. The van der Waals surface area contributed by atoms with Crippen LogP contribution in [0.25, 0.3) is 0 Å². The summed E-state index contributed by atoms with van der Waals surface area (Å²) in [5.74, 6) is 0.984. The number of aliphatic hydroxyl groups is 1. The number of unbranched alkanes of at least 4 members (excludes halogenated alkanes) is 24. The van der Waals surface area contributed by atoms with Gasteiger partial charge in [-0.2, -0.15) is 0 Å². The van der Waals surface area contributed by atoms with E-state index in [1.54, 1.807) is 0 Å². The molecule has 0 unspecified atom stereocenters. The van der Waals surface area contributed by atoms with E-state index in [4.69, 9.17) is 14.2 Å². The van der Waals surface area contributed by atoms with Crippen molar-refractivity contribution in [2.45, 2.75) is 284 Å². The molecule has 0 heterocycles. The smallest absolute Gasteiger partial charge is 0.305 e. The highest BCUT2D eigenvalue weighted by molar-refractivity contribution is 5.69. The Morgan fingerprint density at radius 1 is 0.462 bits per heavy atom. The summed E-state index contributed by atoms with van der Waals surface area (Å²) in [5, 5.41) is 9.91. The molecule has 0 bridgehead atoms. The van der Waals surface area contributed by atoms with Crippen molar-refractivity contribution >= 4 is 11.9 Å². The molecule has 8 nitrogen and oxygen atoms in total. The van der Waals surface area contributed by atoms with E-state index in [9.17, 15) is 14.7 Å². The lowest BCUT2D eigenvalue weighted by molar-refractivity contribution is -0.146. The van der Waals surface area contributed by atoms with Crippen molar-refractivity contribution in [3.63, 3.8) is 0 Å². The molecule has 0 aromatic heterocycles. The van der Waals surface area contributed by atoms with Crippen LogP contribution in [0.2, 0.25) is 0 Å². The predicted molar refractivity (Wildman–Crippen MR) is 277 cm³/mol. The van der Waals surface area contributed by atoms with Crippen molar-refractivity contribution in [2.24, 2.45) is 11.8 Å². The average molecular weight is 922 g/mol. The normalized spacial score (nSPS) is 15.2. The first-order valence-electron chi connectivity index (χ1n) is 28.8. The molecule has 1 rings (SSSR count). The van der Waals surface area contributed by atoms with Crippen LogP contribution < -0.4 is 0 Å². The highest BCUT2D eigenvalue weighted by Crippen LogP contribution is 2.28. The number of carbonyl (C=O) groups is 2. The van der Waals surface area contributed by atoms with E-state index in [-0.39, 0.29) is 18.5 Å². The minimum Gasteiger partial charge on any atom is -0.465 e. The van der Waals surface area contributed by atoms with Gasteiger partial charge in [0.2, 0.25) is 0 Å². The molecule has 0 atom stereocenters. The van der Waals surface area contributed by atoms with Crippen LogP contribution in [-0.2, 0) is 23.8 Å². The number of methoxy groups -OCH3 is 1. The maximum Gasteiger partial charge on any atom is 0.305 e. The molecule has 386 valence electrons. The molecular formula is C57H112N2O6. The molecule has 1 fully saturated rings. The molecule has 0 radical (unpaired) electrons. The Hall–Kier alpha value is -1.22. The van der Waals surface area contributed by atoms with Crippen LogP contribution in [0.3, 0.4) is 0 Å². The summed E-state index contributed by atoms with van der Waals surface area (Å²) in [7, 11) is 1.82. The standard InChI is InChI=1S/C57H112N2O6/c1-6-10-14-18-22-28-36-52(37-29-23-19-15-11-7-2)50-64-56(61)40-32-26-34-42-58(46-47-60)44-45-59(54-48-55(49-54)63-5)43-35-27-33-41-57(62)65-51-53(38-30-24-20-16-12-8-3)39-31-25-21-17-13-9-4/h52-55,60H,6-51H2,1-5H3. The molecule has 0 saturated heterocycles. The number of rotatable bonds is 51. The SMILES string of the molecule is CCCCCCCCC(CCCCCCCC)COC(=O)CCCCCN(CCO)CCN(CCCCCC(=O)OCC(CCCCCCCC)CCCCCCCC)C1CC(OC)C1. The van der Waals surface area contributed by atoms with E-state index in [1.807, 2.05) is 7.11 Å². The Balaban J connectivity index is 2.45. The van der Waals surface area contributed by atoms with Gasteiger partial charge in [-0.05, 0) is 89.1 Å². The number of esters is 2. The minimum absolute atomic E-state index is 0.0116. The van der Waals surface area contributed by atoms with Gasteiger partial charge < -0.3 is 19.3 Å². The van der Waals surface area contributed by atoms with E-state index in [0.717, 1.165) is 77.5 Å². The Morgan fingerprint density at radius 2 is 0.831 bits per heavy atom. The second kappa shape index (κ2) is 46.5. The van der Waals surface area contributed by atoms with Crippen LogP contribution in [0.15, 0.2) is 0 Å². The van der Waals surface area contributed by atoms with Gasteiger partial charge in [-0.15, -0.1) is 0 Å².